The lowest BCUT2D eigenvalue weighted by molar-refractivity contribution is -0.122. The molecule has 0 bridgehead atoms. The zero-order valence-corrected chi connectivity index (χ0v) is 18.1. The number of sulfone groups is 1. The summed E-state index contributed by atoms with van der Waals surface area (Å²) >= 11 is 0.859. The summed E-state index contributed by atoms with van der Waals surface area (Å²) in [5.74, 6) is 0.170. The molecule has 0 amide bonds. The summed E-state index contributed by atoms with van der Waals surface area (Å²) in [4.78, 5) is 17.4. The van der Waals surface area contributed by atoms with Crippen LogP contribution in [0, 0.1) is 11.0 Å². The largest absolute Gasteiger partial charge is 0.381 e. The second-order valence-electron chi connectivity index (χ2n) is 7.56. The number of benzene rings is 1. The van der Waals surface area contributed by atoms with E-state index in [1.807, 2.05) is 0 Å². The number of carbonyl (C=O) groups is 1. The monoisotopic (exact) mass is 451 g/mol. The van der Waals surface area contributed by atoms with Crippen LogP contribution in [-0.2, 0) is 25.8 Å². The zero-order chi connectivity index (χ0) is 21.3. The molecule has 2 aromatic heterocycles. The van der Waals surface area contributed by atoms with Crippen molar-refractivity contribution in [3.05, 3.63) is 40.7 Å². The second kappa shape index (κ2) is 8.52. The number of Topliss-reactive ketones (excluding diaryl/α,β-unsaturated/α-hetero) is 1. The zero-order valence-electron chi connectivity index (χ0n) is 16.5. The van der Waals surface area contributed by atoms with E-state index in [9.17, 15) is 17.6 Å². The van der Waals surface area contributed by atoms with Gasteiger partial charge in [-0.2, -0.15) is 9.49 Å². The van der Waals surface area contributed by atoms with E-state index in [-0.39, 0.29) is 23.0 Å². The van der Waals surface area contributed by atoms with E-state index in [0.717, 1.165) is 36.6 Å². The molecule has 160 valence electrons. The molecule has 30 heavy (non-hydrogen) atoms. The van der Waals surface area contributed by atoms with E-state index in [1.165, 1.54) is 12.3 Å². The van der Waals surface area contributed by atoms with Gasteiger partial charge in [-0.05, 0) is 37.3 Å². The van der Waals surface area contributed by atoms with Gasteiger partial charge in [-0.1, -0.05) is 17.4 Å². The lowest BCUT2D eigenvalue weighted by Crippen LogP contribution is -2.27. The van der Waals surface area contributed by atoms with Crippen LogP contribution in [0.2, 0.25) is 0 Å². The van der Waals surface area contributed by atoms with Crippen LogP contribution >= 0.6 is 11.3 Å². The van der Waals surface area contributed by atoms with Crippen LogP contribution in [-0.4, -0.2) is 48.4 Å². The average Bonchev–Trinajstić information content (AvgIpc) is 3.32. The smallest absolute Gasteiger partial charge is 0.196 e. The van der Waals surface area contributed by atoms with Crippen molar-refractivity contribution in [1.29, 1.82) is 0 Å². The Kier molecular flexibility index (Phi) is 5.99. The second-order valence-corrected chi connectivity index (χ2v) is 10.6. The van der Waals surface area contributed by atoms with E-state index >= 15 is 0 Å². The number of nitrogens with zero attached hydrogens (tertiary/aromatic N) is 3. The number of carbonyl (C=O) groups excluding carboxylic acids is 1. The molecular formula is C20H22FN3O4S2. The summed E-state index contributed by atoms with van der Waals surface area (Å²) < 4.78 is 44.7. The van der Waals surface area contributed by atoms with Crippen LogP contribution < -0.4 is 0 Å². The molecule has 7 nitrogen and oxygen atoms in total. The Labute approximate surface area is 177 Å². The molecule has 0 spiro atoms. The third-order valence-electron chi connectivity index (χ3n) is 5.42. The number of thiazole rings is 1. The van der Waals surface area contributed by atoms with Gasteiger partial charge < -0.3 is 4.74 Å². The fraction of sp³-hybridized carbons (Fsp3) is 0.450. The minimum Gasteiger partial charge on any atom is -0.381 e. The van der Waals surface area contributed by atoms with Gasteiger partial charge in [0.2, 0.25) is 0 Å². The summed E-state index contributed by atoms with van der Waals surface area (Å²) in [5, 5.41) is 4.89. The third-order valence-corrected chi connectivity index (χ3v) is 7.36. The average molecular weight is 452 g/mol. The molecule has 0 N–H and O–H groups in total. The quantitative estimate of drug-likeness (QED) is 0.548. The molecule has 0 aliphatic carbocycles. The standard InChI is InChI=1S/C20H22FN3O4S2/c1-30(26,27)18-4-2-3-15-14(18)11-23-24(15)16(9-13-5-7-28-8-6-13)17(25)10-20-22-12-19(21)29-20/h2-4,11-13,16H,5-10H2,1H3. The number of ketones is 1. The topological polar surface area (TPSA) is 91.1 Å². The maximum Gasteiger partial charge on any atom is 0.196 e. The molecule has 1 saturated heterocycles. The van der Waals surface area contributed by atoms with Gasteiger partial charge in [-0.3, -0.25) is 9.48 Å². The van der Waals surface area contributed by atoms with Crippen LogP contribution in [0.3, 0.4) is 0 Å². The molecule has 1 aromatic carbocycles. The van der Waals surface area contributed by atoms with Crippen LogP contribution in [0.1, 0.15) is 30.3 Å². The number of aromatic nitrogens is 3. The molecular weight excluding hydrogens is 429 g/mol. The third kappa shape index (κ3) is 4.45. The molecule has 1 fully saturated rings. The summed E-state index contributed by atoms with van der Waals surface area (Å²) in [6, 6.07) is 4.37. The van der Waals surface area contributed by atoms with Gasteiger partial charge in [-0.25, -0.2) is 13.4 Å². The number of ether oxygens (including phenoxy) is 1. The number of halogens is 1. The first-order valence-electron chi connectivity index (χ1n) is 9.70. The molecule has 3 heterocycles. The molecule has 1 atom stereocenters. The first-order valence-corrected chi connectivity index (χ1v) is 12.4. The SMILES string of the molecule is CS(=O)(=O)c1cccc2c1cnn2C(CC1CCOCC1)C(=O)Cc1ncc(F)s1. The Morgan fingerprint density at radius 1 is 1.33 bits per heavy atom. The van der Waals surface area contributed by atoms with E-state index in [4.69, 9.17) is 4.74 Å². The van der Waals surface area contributed by atoms with Crippen molar-refractivity contribution in [2.75, 3.05) is 19.5 Å². The van der Waals surface area contributed by atoms with Gasteiger partial charge in [0.1, 0.15) is 11.0 Å². The molecule has 3 aromatic rings. The molecule has 0 saturated carbocycles. The van der Waals surface area contributed by atoms with Crippen molar-refractivity contribution < 1.29 is 22.3 Å². The van der Waals surface area contributed by atoms with Crippen molar-refractivity contribution in [2.45, 2.75) is 36.6 Å². The number of fused-ring (bicyclic) bond motifs is 1. The first kappa shape index (κ1) is 21.1. The van der Waals surface area contributed by atoms with Gasteiger partial charge >= 0.3 is 0 Å². The lowest BCUT2D eigenvalue weighted by atomic mass is 9.90. The highest BCUT2D eigenvalue weighted by Crippen LogP contribution is 2.31. The maximum absolute atomic E-state index is 13.3. The van der Waals surface area contributed by atoms with Gasteiger partial charge in [0.05, 0.1) is 29.2 Å². The summed E-state index contributed by atoms with van der Waals surface area (Å²) in [6.07, 6.45) is 6.04. The van der Waals surface area contributed by atoms with Crippen LogP contribution in [0.25, 0.3) is 10.9 Å². The highest BCUT2D eigenvalue weighted by atomic mass is 32.2. The Bertz CT molecular complexity index is 1170. The molecule has 10 heteroatoms. The van der Waals surface area contributed by atoms with Crippen molar-refractivity contribution in [1.82, 2.24) is 14.8 Å². The fourth-order valence-electron chi connectivity index (χ4n) is 3.92. The summed E-state index contributed by atoms with van der Waals surface area (Å²) in [6.45, 7) is 1.31. The molecule has 4 rings (SSSR count). The van der Waals surface area contributed by atoms with Crippen molar-refractivity contribution in [2.24, 2.45) is 5.92 Å². The first-order chi connectivity index (χ1) is 14.3. The Morgan fingerprint density at radius 2 is 2.10 bits per heavy atom. The minimum atomic E-state index is -3.44. The van der Waals surface area contributed by atoms with Crippen molar-refractivity contribution in [3.63, 3.8) is 0 Å². The Morgan fingerprint density at radius 3 is 2.77 bits per heavy atom. The lowest BCUT2D eigenvalue weighted by Gasteiger charge is -2.26. The highest BCUT2D eigenvalue weighted by molar-refractivity contribution is 7.91. The van der Waals surface area contributed by atoms with Gasteiger partial charge in [0, 0.05) is 24.9 Å². The normalized spacial score (nSPS) is 16.7. The fourth-order valence-corrected chi connectivity index (χ4v) is 5.45. The molecule has 0 radical (unpaired) electrons. The molecule has 1 aliphatic rings. The van der Waals surface area contributed by atoms with E-state index in [2.05, 4.69) is 10.1 Å². The number of rotatable bonds is 7. The van der Waals surface area contributed by atoms with Crippen LogP contribution in [0.4, 0.5) is 4.39 Å². The number of hydrogen-bond donors (Lipinski definition) is 0. The van der Waals surface area contributed by atoms with E-state index in [1.54, 1.807) is 16.8 Å². The molecule has 1 aliphatic heterocycles. The van der Waals surface area contributed by atoms with Crippen LogP contribution in [0.15, 0.2) is 35.5 Å². The van der Waals surface area contributed by atoms with Gasteiger partial charge in [-0.15, -0.1) is 0 Å². The van der Waals surface area contributed by atoms with E-state index in [0.29, 0.717) is 35.5 Å². The van der Waals surface area contributed by atoms with Crippen LogP contribution in [0.5, 0.6) is 0 Å². The van der Waals surface area contributed by atoms with Gasteiger partial charge in [0.25, 0.3) is 0 Å². The Balaban J connectivity index is 1.72. The molecule has 1 unspecified atom stereocenters. The Hall–Kier alpha value is -2.17. The van der Waals surface area contributed by atoms with Crippen molar-refractivity contribution in [3.8, 4) is 0 Å². The minimum absolute atomic E-state index is 0.00952. The van der Waals surface area contributed by atoms with Gasteiger partial charge in [0.15, 0.2) is 20.8 Å². The summed E-state index contributed by atoms with van der Waals surface area (Å²) in [7, 11) is -3.44. The predicted molar refractivity (Wildman–Crippen MR) is 111 cm³/mol. The van der Waals surface area contributed by atoms with Crippen molar-refractivity contribution >= 4 is 37.9 Å². The highest BCUT2D eigenvalue weighted by Gasteiger charge is 2.29. The van der Waals surface area contributed by atoms with E-state index < -0.39 is 21.0 Å². The predicted octanol–water partition coefficient (Wildman–Crippen LogP) is 3.21. The maximum atomic E-state index is 13.3. The summed E-state index contributed by atoms with van der Waals surface area (Å²) in [5.41, 5.74) is 0.591. The number of hydrogen-bond acceptors (Lipinski definition) is 7.